The predicted molar refractivity (Wildman–Crippen MR) is 95.1 cm³/mol. The Morgan fingerprint density at radius 2 is 1.92 bits per heavy atom. The van der Waals surface area contributed by atoms with Crippen LogP contribution in [0.3, 0.4) is 0 Å². The fourth-order valence-corrected chi connectivity index (χ4v) is 3.11. The third-order valence-electron chi connectivity index (χ3n) is 4.43. The van der Waals surface area contributed by atoms with Crippen LogP contribution in [0.1, 0.15) is 48.2 Å². The molecule has 6 heteroatoms. The molecule has 1 aliphatic rings. The van der Waals surface area contributed by atoms with Crippen molar-refractivity contribution in [3.05, 3.63) is 34.9 Å². The van der Waals surface area contributed by atoms with Gasteiger partial charge in [0.15, 0.2) is 6.29 Å². The summed E-state index contributed by atoms with van der Waals surface area (Å²) >= 11 is 0. The summed E-state index contributed by atoms with van der Waals surface area (Å²) in [6.45, 7) is 8.17. The van der Waals surface area contributed by atoms with Crippen molar-refractivity contribution in [3.8, 4) is 0 Å². The van der Waals surface area contributed by atoms with Gasteiger partial charge >= 0.3 is 0 Å². The van der Waals surface area contributed by atoms with E-state index >= 15 is 0 Å². The zero-order valence-electron chi connectivity index (χ0n) is 15.3. The Hall–Kier alpha value is -1.92. The van der Waals surface area contributed by atoms with Crippen molar-refractivity contribution in [2.75, 3.05) is 6.61 Å². The van der Waals surface area contributed by atoms with Crippen LogP contribution in [-0.2, 0) is 9.53 Å². The highest BCUT2D eigenvalue weighted by atomic mass is 16.6. The maximum absolute atomic E-state index is 12.7. The van der Waals surface area contributed by atoms with E-state index in [2.05, 4.69) is 10.6 Å². The van der Waals surface area contributed by atoms with Crippen LogP contribution in [0.5, 0.6) is 0 Å². The second kappa shape index (κ2) is 8.45. The zero-order chi connectivity index (χ0) is 18.6. The van der Waals surface area contributed by atoms with Gasteiger partial charge in [0.1, 0.15) is 6.04 Å². The van der Waals surface area contributed by atoms with Crippen molar-refractivity contribution < 1.29 is 19.4 Å². The van der Waals surface area contributed by atoms with E-state index in [-0.39, 0.29) is 17.7 Å². The molecule has 0 aromatic heterocycles. The molecule has 1 saturated heterocycles. The van der Waals surface area contributed by atoms with Crippen LogP contribution < -0.4 is 10.6 Å². The first-order chi connectivity index (χ1) is 11.8. The van der Waals surface area contributed by atoms with E-state index in [9.17, 15) is 14.7 Å². The van der Waals surface area contributed by atoms with Gasteiger partial charge in [0.05, 0.1) is 12.6 Å². The average molecular weight is 348 g/mol. The molecule has 3 N–H and O–H groups in total. The van der Waals surface area contributed by atoms with Gasteiger partial charge in [-0.05, 0) is 43.7 Å². The van der Waals surface area contributed by atoms with Crippen LogP contribution in [-0.4, -0.2) is 41.9 Å². The Labute approximate surface area is 149 Å². The van der Waals surface area contributed by atoms with Crippen LogP contribution in [0.25, 0.3) is 0 Å². The molecule has 2 rings (SSSR count). The molecule has 25 heavy (non-hydrogen) atoms. The molecule has 1 fully saturated rings. The van der Waals surface area contributed by atoms with E-state index in [1.54, 1.807) is 0 Å². The minimum absolute atomic E-state index is 0.235. The summed E-state index contributed by atoms with van der Waals surface area (Å²) in [7, 11) is 0. The van der Waals surface area contributed by atoms with Crippen LogP contribution in [0, 0.1) is 19.8 Å². The Bertz CT molecular complexity index is 610. The van der Waals surface area contributed by atoms with Gasteiger partial charge in [-0.3, -0.25) is 9.59 Å². The lowest BCUT2D eigenvalue weighted by Crippen LogP contribution is -2.52. The van der Waals surface area contributed by atoms with Gasteiger partial charge in [0, 0.05) is 5.56 Å². The van der Waals surface area contributed by atoms with Crippen molar-refractivity contribution >= 4 is 11.8 Å². The standard InChI is InChI=1S/C19H28N2O4/c1-11(2)10-15(17(22)20-14-8-9-25-19(14)24)21-18(23)16-12(3)6-5-7-13(16)4/h5-7,11,14-15,19,24H,8-10H2,1-4H3,(H,20,22)(H,21,23)/t14-,15-,19?/m0/s1. The topological polar surface area (TPSA) is 87.7 Å². The van der Waals surface area contributed by atoms with Crippen molar-refractivity contribution in [1.82, 2.24) is 10.6 Å². The molecular weight excluding hydrogens is 320 g/mol. The second-order valence-corrected chi connectivity index (χ2v) is 7.09. The Morgan fingerprint density at radius 1 is 1.28 bits per heavy atom. The van der Waals surface area contributed by atoms with Gasteiger partial charge in [-0.25, -0.2) is 0 Å². The fraction of sp³-hybridized carbons (Fsp3) is 0.579. The van der Waals surface area contributed by atoms with Gasteiger partial charge in [-0.2, -0.15) is 0 Å². The molecule has 0 bridgehead atoms. The van der Waals surface area contributed by atoms with E-state index < -0.39 is 18.4 Å². The number of aliphatic hydroxyl groups is 1. The first kappa shape index (κ1) is 19.4. The highest BCUT2D eigenvalue weighted by Crippen LogP contribution is 2.15. The van der Waals surface area contributed by atoms with Crippen molar-refractivity contribution in [2.45, 2.75) is 58.9 Å². The molecule has 1 aliphatic heterocycles. The third-order valence-corrected chi connectivity index (χ3v) is 4.43. The number of benzene rings is 1. The molecule has 1 unspecified atom stereocenters. The summed E-state index contributed by atoms with van der Waals surface area (Å²) in [4.78, 5) is 25.3. The Balaban J connectivity index is 2.11. The van der Waals surface area contributed by atoms with Gasteiger partial charge in [0.2, 0.25) is 5.91 Å². The number of carbonyl (C=O) groups is 2. The molecule has 138 valence electrons. The lowest BCUT2D eigenvalue weighted by atomic mass is 9.99. The third kappa shape index (κ3) is 5.03. The minimum Gasteiger partial charge on any atom is -0.366 e. The number of hydrogen-bond acceptors (Lipinski definition) is 4. The lowest BCUT2D eigenvalue weighted by molar-refractivity contribution is -0.127. The van der Waals surface area contributed by atoms with Crippen LogP contribution >= 0.6 is 0 Å². The van der Waals surface area contributed by atoms with Crippen LogP contribution in [0.2, 0.25) is 0 Å². The molecule has 1 heterocycles. The smallest absolute Gasteiger partial charge is 0.252 e. The van der Waals surface area contributed by atoms with E-state index in [4.69, 9.17) is 4.74 Å². The Kier molecular flexibility index (Phi) is 6.56. The highest BCUT2D eigenvalue weighted by Gasteiger charge is 2.31. The minimum atomic E-state index is -0.988. The number of nitrogens with one attached hydrogen (secondary N) is 2. The quantitative estimate of drug-likeness (QED) is 0.730. The molecule has 3 atom stereocenters. The predicted octanol–water partition coefficient (Wildman–Crippen LogP) is 1.67. The molecule has 2 amide bonds. The highest BCUT2D eigenvalue weighted by molar-refractivity contribution is 5.99. The van der Waals surface area contributed by atoms with Crippen LogP contribution in [0.4, 0.5) is 0 Å². The number of hydrogen-bond donors (Lipinski definition) is 3. The van der Waals surface area contributed by atoms with Gasteiger partial charge in [0.25, 0.3) is 5.91 Å². The summed E-state index contributed by atoms with van der Waals surface area (Å²) < 4.78 is 5.06. The van der Waals surface area contributed by atoms with Gasteiger partial charge < -0.3 is 20.5 Å². The number of amides is 2. The molecule has 0 saturated carbocycles. The number of ether oxygens (including phenoxy) is 1. The van der Waals surface area contributed by atoms with Crippen molar-refractivity contribution in [2.24, 2.45) is 5.92 Å². The summed E-state index contributed by atoms with van der Waals surface area (Å²) in [5, 5.41) is 15.4. The van der Waals surface area contributed by atoms with Crippen molar-refractivity contribution in [1.29, 1.82) is 0 Å². The number of rotatable bonds is 6. The molecule has 1 aromatic carbocycles. The second-order valence-electron chi connectivity index (χ2n) is 7.09. The molecule has 0 aliphatic carbocycles. The van der Waals surface area contributed by atoms with E-state index in [1.165, 1.54) is 0 Å². The molecule has 6 nitrogen and oxygen atoms in total. The summed E-state index contributed by atoms with van der Waals surface area (Å²) in [5.41, 5.74) is 2.36. The van der Waals surface area contributed by atoms with E-state index in [0.717, 1.165) is 11.1 Å². The van der Waals surface area contributed by atoms with Gasteiger partial charge in [-0.15, -0.1) is 0 Å². The first-order valence-electron chi connectivity index (χ1n) is 8.76. The maximum Gasteiger partial charge on any atom is 0.252 e. The number of aliphatic hydroxyl groups excluding tert-OH is 1. The summed E-state index contributed by atoms with van der Waals surface area (Å²) in [6, 6.07) is 4.58. The molecule has 0 radical (unpaired) electrons. The van der Waals surface area contributed by atoms with Crippen LogP contribution in [0.15, 0.2) is 18.2 Å². The van der Waals surface area contributed by atoms with Gasteiger partial charge in [-0.1, -0.05) is 32.0 Å². The number of carbonyl (C=O) groups excluding carboxylic acids is 2. The molecule has 0 spiro atoms. The summed E-state index contributed by atoms with van der Waals surface area (Å²) in [6.07, 6.45) is 0.0937. The lowest BCUT2D eigenvalue weighted by Gasteiger charge is -2.24. The monoisotopic (exact) mass is 348 g/mol. The van der Waals surface area contributed by atoms with Crippen molar-refractivity contribution in [3.63, 3.8) is 0 Å². The maximum atomic E-state index is 12.7. The summed E-state index contributed by atoms with van der Waals surface area (Å²) in [5.74, 6) is -0.304. The average Bonchev–Trinajstić information content (AvgIpc) is 2.91. The first-order valence-corrected chi connectivity index (χ1v) is 8.76. The van der Waals surface area contributed by atoms with E-state index in [0.29, 0.717) is 25.0 Å². The molecular formula is C19H28N2O4. The number of aryl methyl sites for hydroxylation is 2. The normalized spacial score (nSPS) is 21.2. The largest absolute Gasteiger partial charge is 0.366 e. The molecule has 1 aromatic rings. The fourth-order valence-electron chi connectivity index (χ4n) is 3.11. The SMILES string of the molecule is Cc1cccc(C)c1C(=O)N[C@@H](CC(C)C)C(=O)N[C@H]1CCOC1O. The zero-order valence-corrected chi connectivity index (χ0v) is 15.3. The van der Waals surface area contributed by atoms with E-state index in [1.807, 2.05) is 45.9 Å². The Morgan fingerprint density at radius 3 is 2.44 bits per heavy atom.